The highest BCUT2D eigenvalue weighted by Gasteiger charge is 2.29. The third-order valence-electron chi connectivity index (χ3n) is 6.50. The Morgan fingerprint density at radius 1 is 1.10 bits per heavy atom. The minimum atomic E-state index is -0.0406. The molecule has 0 unspecified atom stereocenters. The van der Waals surface area contributed by atoms with Gasteiger partial charge in [0.25, 0.3) is 5.91 Å². The average Bonchev–Trinajstić information content (AvgIpc) is 2.80. The van der Waals surface area contributed by atoms with Crippen LogP contribution in [0.1, 0.15) is 66.7 Å². The number of amides is 1. The third-order valence-corrected chi connectivity index (χ3v) is 6.50. The Bertz CT molecular complexity index is 804. The van der Waals surface area contributed by atoms with Crippen LogP contribution in [-0.2, 0) is 6.54 Å². The highest BCUT2D eigenvalue weighted by Crippen LogP contribution is 2.28. The molecule has 1 aliphatic carbocycles. The smallest absolute Gasteiger partial charge is 0.274 e. The Hall–Kier alpha value is -2.34. The van der Waals surface area contributed by atoms with Crippen molar-refractivity contribution in [1.29, 1.82) is 0 Å². The molecular weight excluding hydrogens is 374 g/mol. The molecule has 0 bridgehead atoms. The molecule has 2 aliphatic rings. The van der Waals surface area contributed by atoms with Gasteiger partial charge in [0.05, 0.1) is 11.9 Å². The first kappa shape index (κ1) is 20.9. The molecule has 1 amide bonds. The SMILES string of the molecule is Cc1cnc(C(=O)N(Cc2cccnc2)C[C@@H]2CCCN(C3CCCCC3)C2)cn1. The number of hydrogen-bond donors (Lipinski definition) is 0. The molecule has 0 spiro atoms. The van der Waals surface area contributed by atoms with Gasteiger partial charge in [-0.15, -0.1) is 0 Å². The second kappa shape index (κ2) is 10.1. The Morgan fingerprint density at radius 3 is 2.70 bits per heavy atom. The number of rotatable bonds is 6. The van der Waals surface area contributed by atoms with Crippen molar-refractivity contribution in [3.05, 3.63) is 53.9 Å². The fourth-order valence-corrected chi connectivity index (χ4v) is 4.93. The van der Waals surface area contributed by atoms with Gasteiger partial charge in [0.2, 0.25) is 0 Å². The van der Waals surface area contributed by atoms with Gasteiger partial charge in [0.1, 0.15) is 5.69 Å². The summed E-state index contributed by atoms with van der Waals surface area (Å²) in [7, 11) is 0. The van der Waals surface area contributed by atoms with Gasteiger partial charge in [-0.1, -0.05) is 25.3 Å². The topological polar surface area (TPSA) is 62.2 Å². The van der Waals surface area contributed by atoms with Gasteiger partial charge in [-0.2, -0.15) is 0 Å². The molecule has 2 fully saturated rings. The zero-order chi connectivity index (χ0) is 20.8. The molecule has 0 radical (unpaired) electrons. The lowest BCUT2D eigenvalue weighted by atomic mass is 9.90. The Kier molecular flexibility index (Phi) is 7.05. The van der Waals surface area contributed by atoms with E-state index < -0.39 is 0 Å². The van der Waals surface area contributed by atoms with Crippen LogP contribution in [0.4, 0.5) is 0 Å². The van der Waals surface area contributed by atoms with E-state index in [9.17, 15) is 4.79 Å². The predicted octanol–water partition coefficient (Wildman–Crippen LogP) is 3.87. The minimum Gasteiger partial charge on any atom is -0.333 e. The summed E-state index contributed by atoms with van der Waals surface area (Å²) in [5, 5.41) is 0. The van der Waals surface area contributed by atoms with Crippen LogP contribution < -0.4 is 0 Å². The van der Waals surface area contributed by atoms with Gasteiger partial charge in [-0.3, -0.25) is 14.8 Å². The first-order valence-electron chi connectivity index (χ1n) is 11.4. The number of carbonyl (C=O) groups excluding carboxylic acids is 1. The molecule has 1 saturated heterocycles. The number of aromatic nitrogens is 3. The molecule has 4 rings (SSSR count). The quantitative estimate of drug-likeness (QED) is 0.727. The summed E-state index contributed by atoms with van der Waals surface area (Å²) in [6, 6.07) is 4.70. The number of carbonyl (C=O) groups is 1. The lowest BCUT2D eigenvalue weighted by Crippen LogP contribution is -2.47. The lowest BCUT2D eigenvalue weighted by Gasteiger charge is -2.41. The second-order valence-electron chi connectivity index (χ2n) is 8.88. The highest BCUT2D eigenvalue weighted by atomic mass is 16.2. The van der Waals surface area contributed by atoms with Crippen LogP contribution in [0.3, 0.4) is 0 Å². The molecule has 2 aromatic rings. The van der Waals surface area contributed by atoms with Crippen molar-refractivity contribution in [2.45, 2.75) is 64.5 Å². The van der Waals surface area contributed by atoms with Crippen LogP contribution in [-0.4, -0.2) is 56.3 Å². The van der Waals surface area contributed by atoms with Crippen LogP contribution >= 0.6 is 0 Å². The molecular formula is C24H33N5O. The van der Waals surface area contributed by atoms with Crippen molar-refractivity contribution in [3.8, 4) is 0 Å². The minimum absolute atomic E-state index is 0.0406. The summed E-state index contributed by atoms with van der Waals surface area (Å²) in [6.07, 6.45) is 16.1. The highest BCUT2D eigenvalue weighted by molar-refractivity contribution is 5.92. The number of aryl methyl sites for hydroxylation is 1. The van der Waals surface area contributed by atoms with Crippen molar-refractivity contribution in [2.75, 3.05) is 19.6 Å². The summed E-state index contributed by atoms with van der Waals surface area (Å²) in [5.41, 5.74) is 2.29. The molecule has 1 atom stereocenters. The summed E-state index contributed by atoms with van der Waals surface area (Å²) in [4.78, 5) is 30.8. The number of piperidine rings is 1. The average molecular weight is 408 g/mol. The van der Waals surface area contributed by atoms with Crippen LogP contribution in [0.25, 0.3) is 0 Å². The van der Waals surface area contributed by atoms with E-state index >= 15 is 0 Å². The normalized spacial score (nSPS) is 20.8. The van der Waals surface area contributed by atoms with Crippen molar-refractivity contribution in [3.63, 3.8) is 0 Å². The number of nitrogens with zero attached hydrogens (tertiary/aromatic N) is 5. The number of pyridine rings is 1. The zero-order valence-corrected chi connectivity index (χ0v) is 18.0. The maximum absolute atomic E-state index is 13.3. The van der Waals surface area contributed by atoms with E-state index in [0.29, 0.717) is 18.2 Å². The largest absolute Gasteiger partial charge is 0.333 e. The molecule has 1 aliphatic heterocycles. The maximum Gasteiger partial charge on any atom is 0.274 e. The van der Waals surface area contributed by atoms with E-state index in [4.69, 9.17) is 0 Å². The Balaban J connectivity index is 1.47. The maximum atomic E-state index is 13.3. The van der Waals surface area contributed by atoms with Crippen LogP contribution in [0.15, 0.2) is 36.9 Å². The standard InChI is InChI=1S/C24H33N5O/c1-19-13-27-23(15-26-19)24(30)29(16-20-7-5-11-25-14-20)18-21-8-6-12-28(17-21)22-9-3-2-4-10-22/h5,7,11,13-15,21-22H,2-4,6,8-10,12,16-18H2,1H3/t21-/m1/s1. The van der Waals surface area contributed by atoms with E-state index in [2.05, 4.69) is 19.9 Å². The molecule has 0 aromatic carbocycles. The summed E-state index contributed by atoms with van der Waals surface area (Å²) < 4.78 is 0. The fourth-order valence-electron chi connectivity index (χ4n) is 4.93. The van der Waals surface area contributed by atoms with Gasteiger partial charge in [0.15, 0.2) is 0 Å². The van der Waals surface area contributed by atoms with Gasteiger partial charge in [-0.25, -0.2) is 4.98 Å². The van der Waals surface area contributed by atoms with E-state index in [1.807, 2.05) is 30.2 Å². The number of hydrogen-bond acceptors (Lipinski definition) is 5. The van der Waals surface area contributed by atoms with E-state index in [-0.39, 0.29) is 5.91 Å². The fraction of sp³-hybridized carbons (Fsp3) is 0.583. The van der Waals surface area contributed by atoms with Crippen molar-refractivity contribution >= 4 is 5.91 Å². The molecule has 6 heteroatoms. The van der Waals surface area contributed by atoms with Crippen molar-refractivity contribution < 1.29 is 4.79 Å². The molecule has 3 heterocycles. The van der Waals surface area contributed by atoms with Crippen molar-refractivity contribution in [2.24, 2.45) is 5.92 Å². The summed E-state index contributed by atoms with van der Waals surface area (Å²) in [6.45, 7) is 5.51. The van der Waals surface area contributed by atoms with Crippen LogP contribution in [0.2, 0.25) is 0 Å². The lowest BCUT2D eigenvalue weighted by molar-refractivity contribution is 0.0578. The third kappa shape index (κ3) is 5.42. The predicted molar refractivity (Wildman–Crippen MR) is 117 cm³/mol. The second-order valence-corrected chi connectivity index (χ2v) is 8.88. The van der Waals surface area contributed by atoms with Gasteiger partial charge >= 0.3 is 0 Å². The summed E-state index contributed by atoms with van der Waals surface area (Å²) in [5.74, 6) is 0.459. The molecule has 6 nitrogen and oxygen atoms in total. The van der Waals surface area contributed by atoms with Gasteiger partial charge in [0, 0.05) is 44.3 Å². The molecule has 1 saturated carbocycles. The van der Waals surface area contributed by atoms with Crippen LogP contribution in [0, 0.1) is 12.8 Å². The van der Waals surface area contributed by atoms with E-state index in [1.165, 1.54) is 51.5 Å². The van der Waals surface area contributed by atoms with E-state index in [1.54, 1.807) is 18.6 Å². The first-order chi connectivity index (χ1) is 14.7. The Labute approximate surface area is 179 Å². The van der Waals surface area contributed by atoms with Crippen LogP contribution in [0.5, 0.6) is 0 Å². The Morgan fingerprint density at radius 2 is 1.97 bits per heavy atom. The van der Waals surface area contributed by atoms with Gasteiger partial charge in [-0.05, 0) is 56.7 Å². The molecule has 160 valence electrons. The monoisotopic (exact) mass is 407 g/mol. The zero-order valence-electron chi connectivity index (χ0n) is 18.0. The molecule has 30 heavy (non-hydrogen) atoms. The van der Waals surface area contributed by atoms with E-state index in [0.717, 1.165) is 30.4 Å². The molecule has 2 aromatic heterocycles. The molecule has 0 N–H and O–H groups in total. The summed E-state index contributed by atoms with van der Waals surface area (Å²) >= 11 is 0. The van der Waals surface area contributed by atoms with Gasteiger partial charge < -0.3 is 9.80 Å². The number of likely N-dealkylation sites (tertiary alicyclic amines) is 1. The first-order valence-corrected chi connectivity index (χ1v) is 11.4. The van der Waals surface area contributed by atoms with Crippen molar-refractivity contribution in [1.82, 2.24) is 24.8 Å².